The Bertz CT molecular complexity index is 496. The largest absolute Gasteiger partial charge is 0.481 e. The van der Waals surface area contributed by atoms with Crippen LogP contribution in [0.1, 0.15) is 110 Å². The van der Waals surface area contributed by atoms with Crippen molar-refractivity contribution >= 4 is 11.8 Å². The van der Waals surface area contributed by atoms with E-state index in [0.717, 1.165) is 32.1 Å². The Morgan fingerprint density at radius 1 is 0.903 bits per heavy atom. The fourth-order valence-corrected chi connectivity index (χ4v) is 3.96. The Balaban J connectivity index is 1.87. The van der Waals surface area contributed by atoms with Gasteiger partial charge in [-0.05, 0) is 26.7 Å². The van der Waals surface area contributed by atoms with E-state index in [1.54, 1.807) is 6.92 Å². The molecule has 0 spiro atoms. The van der Waals surface area contributed by atoms with Crippen molar-refractivity contribution in [2.75, 3.05) is 0 Å². The maximum Gasteiger partial charge on any atom is 0.310 e. The minimum atomic E-state index is -1.03. The zero-order chi connectivity index (χ0) is 23.1. The normalized spacial score (nSPS) is 24.8. The molecule has 1 aliphatic rings. The lowest BCUT2D eigenvalue weighted by Crippen LogP contribution is -2.48. The molecule has 1 saturated heterocycles. The summed E-state index contributed by atoms with van der Waals surface area (Å²) in [5.41, 5.74) is 0. The lowest BCUT2D eigenvalue weighted by molar-refractivity contribution is -0.273. The molecule has 0 aromatic rings. The Hall–Kier alpha value is -1.02. The van der Waals surface area contributed by atoms with Gasteiger partial charge in [-0.25, -0.2) is 0 Å². The minimum Gasteiger partial charge on any atom is -0.481 e. The molecule has 1 rings (SSSR count). The third-order valence-electron chi connectivity index (χ3n) is 5.97. The van der Waals surface area contributed by atoms with Gasteiger partial charge in [0.25, 0.3) is 0 Å². The van der Waals surface area contributed by atoms with E-state index in [9.17, 15) is 19.8 Å². The highest BCUT2D eigenvalue weighted by Crippen LogP contribution is 2.23. The number of aliphatic carboxylic acids is 1. The number of ether oxygens (including phenoxy) is 2. The molecule has 7 nitrogen and oxygen atoms in total. The second-order valence-electron chi connectivity index (χ2n) is 9.06. The van der Waals surface area contributed by atoms with Crippen molar-refractivity contribution in [1.82, 2.24) is 0 Å². The number of rotatable bonds is 18. The number of carbonyl (C=O) groups is 2. The molecule has 3 N–H and O–H groups in total. The zero-order valence-electron chi connectivity index (χ0n) is 19.5. The van der Waals surface area contributed by atoms with Crippen LogP contribution in [-0.2, 0) is 19.1 Å². The first-order valence-electron chi connectivity index (χ1n) is 12.2. The van der Waals surface area contributed by atoms with Crippen LogP contribution in [0.15, 0.2) is 0 Å². The molecular formula is C24H44O7. The van der Waals surface area contributed by atoms with E-state index < -0.39 is 24.5 Å². The van der Waals surface area contributed by atoms with Gasteiger partial charge < -0.3 is 24.8 Å². The monoisotopic (exact) mass is 444 g/mol. The molecule has 1 aliphatic heterocycles. The van der Waals surface area contributed by atoms with Gasteiger partial charge >= 0.3 is 5.97 Å². The predicted molar refractivity (Wildman–Crippen MR) is 119 cm³/mol. The molecule has 0 aromatic heterocycles. The van der Waals surface area contributed by atoms with Gasteiger partial charge in [-0.2, -0.15) is 0 Å². The second-order valence-corrected chi connectivity index (χ2v) is 9.06. The summed E-state index contributed by atoms with van der Waals surface area (Å²) in [7, 11) is 0. The number of hydrogen-bond donors (Lipinski definition) is 3. The zero-order valence-corrected chi connectivity index (χ0v) is 19.5. The lowest BCUT2D eigenvalue weighted by Gasteiger charge is -2.36. The van der Waals surface area contributed by atoms with Crippen LogP contribution in [0.2, 0.25) is 0 Å². The van der Waals surface area contributed by atoms with Crippen molar-refractivity contribution in [1.29, 1.82) is 0 Å². The highest BCUT2D eigenvalue weighted by Gasteiger charge is 2.35. The van der Waals surface area contributed by atoms with E-state index in [4.69, 9.17) is 14.6 Å². The van der Waals surface area contributed by atoms with Crippen LogP contribution in [0.4, 0.5) is 0 Å². The van der Waals surface area contributed by atoms with Crippen molar-refractivity contribution in [3.8, 4) is 0 Å². The van der Waals surface area contributed by atoms with Crippen LogP contribution in [0.3, 0.4) is 0 Å². The average Bonchev–Trinajstić information content (AvgIpc) is 2.69. The van der Waals surface area contributed by atoms with Crippen molar-refractivity contribution in [2.45, 2.75) is 141 Å². The molecule has 1 heterocycles. The Morgan fingerprint density at radius 2 is 1.42 bits per heavy atom. The lowest BCUT2D eigenvalue weighted by atomic mass is 10.0. The molecule has 5 atom stereocenters. The standard InChI is InChI=1S/C24H44O7/c1-18(30-24-22(27)17-21(26)19(2)31-24)14-12-10-8-6-4-3-5-7-9-11-13-15-20(25)16-23(28)29/h18-19,21-22,24,26-27H,3-17H2,1-2H3,(H,28,29)/t18-,19+,21-,22-,24-/m1/s1. The Morgan fingerprint density at radius 3 is 1.97 bits per heavy atom. The summed E-state index contributed by atoms with van der Waals surface area (Å²) in [6.07, 6.45) is 11.6. The smallest absolute Gasteiger partial charge is 0.310 e. The fraction of sp³-hybridized carbons (Fsp3) is 0.917. The second kappa shape index (κ2) is 16.6. The molecule has 0 saturated carbocycles. The van der Waals surface area contributed by atoms with Crippen LogP contribution in [0.25, 0.3) is 0 Å². The summed E-state index contributed by atoms with van der Waals surface area (Å²) in [5, 5.41) is 28.2. The number of aliphatic hydroxyl groups is 2. The number of carboxylic acids is 1. The maximum atomic E-state index is 11.3. The van der Waals surface area contributed by atoms with Gasteiger partial charge in [-0.15, -0.1) is 0 Å². The summed E-state index contributed by atoms with van der Waals surface area (Å²) in [6, 6.07) is 0. The molecule has 1 fully saturated rings. The van der Waals surface area contributed by atoms with Crippen molar-refractivity contribution < 1.29 is 34.4 Å². The van der Waals surface area contributed by atoms with Crippen molar-refractivity contribution in [3.63, 3.8) is 0 Å². The van der Waals surface area contributed by atoms with E-state index in [1.165, 1.54) is 44.9 Å². The number of aliphatic hydroxyl groups excluding tert-OH is 2. The van der Waals surface area contributed by atoms with Crippen LogP contribution in [-0.4, -0.2) is 57.8 Å². The number of unbranched alkanes of at least 4 members (excludes halogenated alkanes) is 10. The van der Waals surface area contributed by atoms with E-state index in [2.05, 4.69) is 0 Å². The first kappa shape index (κ1) is 28.0. The third kappa shape index (κ3) is 13.9. The number of Topliss-reactive ketones (excluding diaryl/α,β-unsaturated/α-hetero) is 1. The quantitative estimate of drug-likeness (QED) is 0.213. The summed E-state index contributed by atoms with van der Waals surface area (Å²) in [4.78, 5) is 21.7. The van der Waals surface area contributed by atoms with Crippen molar-refractivity contribution in [2.24, 2.45) is 0 Å². The highest BCUT2D eigenvalue weighted by atomic mass is 16.7. The first-order valence-corrected chi connectivity index (χ1v) is 12.2. The molecule has 7 heteroatoms. The number of carbonyl (C=O) groups excluding carboxylic acids is 1. The molecule has 0 unspecified atom stereocenters. The molecule has 31 heavy (non-hydrogen) atoms. The molecule has 182 valence electrons. The van der Waals surface area contributed by atoms with Crippen molar-refractivity contribution in [3.05, 3.63) is 0 Å². The van der Waals surface area contributed by atoms with Crippen LogP contribution < -0.4 is 0 Å². The van der Waals surface area contributed by atoms with Crippen LogP contribution in [0, 0.1) is 0 Å². The summed E-state index contributed by atoms with van der Waals surface area (Å²) in [6.45, 7) is 3.80. The maximum absolute atomic E-state index is 11.3. The summed E-state index contributed by atoms with van der Waals surface area (Å²) in [5.74, 6) is -1.19. The van der Waals surface area contributed by atoms with Gasteiger partial charge in [0.2, 0.25) is 0 Å². The SMILES string of the molecule is C[C@H](CCCCCCCCCCCCCC(=O)CC(=O)O)O[C@@H]1O[C@@H](C)[C@H](O)C[C@H]1O. The van der Waals surface area contributed by atoms with E-state index in [1.807, 2.05) is 6.92 Å². The van der Waals surface area contributed by atoms with Crippen LogP contribution in [0.5, 0.6) is 0 Å². The van der Waals surface area contributed by atoms with Gasteiger partial charge in [-0.1, -0.05) is 64.2 Å². The predicted octanol–water partition coefficient (Wildman–Crippen LogP) is 4.36. The summed E-state index contributed by atoms with van der Waals surface area (Å²) >= 11 is 0. The first-order chi connectivity index (χ1) is 14.8. The fourth-order valence-electron chi connectivity index (χ4n) is 3.96. The molecule has 0 amide bonds. The van der Waals surface area contributed by atoms with E-state index in [0.29, 0.717) is 12.8 Å². The van der Waals surface area contributed by atoms with Gasteiger partial charge in [0.1, 0.15) is 18.3 Å². The van der Waals surface area contributed by atoms with Gasteiger partial charge in [-0.3, -0.25) is 9.59 Å². The average molecular weight is 445 g/mol. The third-order valence-corrected chi connectivity index (χ3v) is 5.97. The minimum absolute atomic E-state index is 0.0292. The molecule has 0 bridgehead atoms. The molecule has 0 radical (unpaired) electrons. The van der Waals surface area contributed by atoms with E-state index in [-0.39, 0.29) is 24.4 Å². The Labute approximate surface area is 187 Å². The highest BCUT2D eigenvalue weighted by molar-refractivity contribution is 5.94. The van der Waals surface area contributed by atoms with Gasteiger partial charge in [0.15, 0.2) is 6.29 Å². The Kier molecular flexibility index (Phi) is 15.0. The summed E-state index contributed by atoms with van der Waals surface area (Å²) < 4.78 is 11.4. The van der Waals surface area contributed by atoms with E-state index >= 15 is 0 Å². The topological polar surface area (TPSA) is 113 Å². The number of hydrogen-bond acceptors (Lipinski definition) is 6. The number of carboxylic acid groups (broad SMARTS) is 1. The number of ketones is 1. The molecule has 0 aromatic carbocycles. The van der Waals surface area contributed by atoms with Gasteiger partial charge in [0, 0.05) is 12.8 Å². The van der Waals surface area contributed by atoms with Gasteiger partial charge in [0.05, 0.1) is 18.3 Å². The molecule has 0 aliphatic carbocycles. The van der Waals surface area contributed by atoms with Crippen LogP contribution >= 0.6 is 0 Å². The molecular weight excluding hydrogens is 400 g/mol.